The van der Waals surface area contributed by atoms with Gasteiger partial charge in [0, 0.05) is 17.7 Å². The third kappa shape index (κ3) is 5.38. The van der Waals surface area contributed by atoms with E-state index in [0.29, 0.717) is 30.0 Å². The van der Waals surface area contributed by atoms with Crippen molar-refractivity contribution in [1.82, 2.24) is 20.0 Å². The number of esters is 1. The van der Waals surface area contributed by atoms with E-state index in [1.54, 1.807) is 30.8 Å². The SMILES string of the molecule is CCOC(=O)c1cnn(-c2ccc(C(=O)NC[C@@H](c3ccccc3OC)N3CCCC3)cc2)c1C. The molecule has 1 fully saturated rings. The van der Waals surface area contributed by atoms with Crippen LogP contribution in [-0.2, 0) is 4.74 Å². The smallest absolute Gasteiger partial charge is 0.341 e. The molecule has 1 aliphatic heterocycles. The summed E-state index contributed by atoms with van der Waals surface area (Å²) in [5.74, 6) is 0.301. The maximum absolute atomic E-state index is 13.0. The Morgan fingerprint density at radius 3 is 2.49 bits per heavy atom. The molecule has 0 aliphatic carbocycles. The first kappa shape index (κ1) is 24.5. The van der Waals surface area contributed by atoms with Gasteiger partial charge in [0.05, 0.1) is 37.3 Å². The molecule has 1 amide bonds. The number of para-hydroxylation sites is 1. The Bertz CT molecular complexity index is 1170. The number of amides is 1. The van der Waals surface area contributed by atoms with Crippen LogP contribution in [0.25, 0.3) is 5.69 Å². The molecule has 184 valence electrons. The van der Waals surface area contributed by atoms with Gasteiger partial charge in [-0.1, -0.05) is 18.2 Å². The van der Waals surface area contributed by atoms with E-state index in [1.807, 2.05) is 37.3 Å². The van der Waals surface area contributed by atoms with Crippen molar-refractivity contribution in [2.24, 2.45) is 0 Å². The maximum atomic E-state index is 13.0. The Hall–Kier alpha value is -3.65. The van der Waals surface area contributed by atoms with Crippen molar-refractivity contribution in [3.8, 4) is 11.4 Å². The highest BCUT2D eigenvalue weighted by atomic mass is 16.5. The van der Waals surface area contributed by atoms with Crippen molar-refractivity contribution in [3.63, 3.8) is 0 Å². The van der Waals surface area contributed by atoms with Gasteiger partial charge in [0.25, 0.3) is 5.91 Å². The molecule has 0 bridgehead atoms. The molecule has 0 spiro atoms. The van der Waals surface area contributed by atoms with Crippen LogP contribution in [0.1, 0.15) is 57.8 Å². The standard InChI is InChI=1S/C27H32N4O4/c1-4-35-27(33)23-17-29-31(19(23)2)21-13-11-20(12-14-21)26(32)28-18-24(30-15-7-8-16-30)22-9-5-6-10-25(22)34-3/h5-6,9-14,17,24H,4,7-8,15-16,18H2,1-3H3,(H,28,32)/t24-/m0/s1. The third-order valence-corrected chi connectivity index (χ3v) is 6.41. The monoisotopic (exact) mass is 476 g/mol. The quantitative estimate of drug-likeness (QED) is 0.471. The molecule has 0 radical (unpaired) electrons. The van der Waals surface area contributed by atoms with Gasteiger partial charge in [-0.2, -0.15) is 5.10 Å². The minimum Gasteiger partial charge on any atom is -0.496 e. The number of hydrogen-bond acceptors (Lipinski definition) is 6. The Morgan fingerprint density at radius 2 is 1.80 bits per heavy atom. The van der Waals surface area contributed by atoms with Gasteiger partial charge in [0.15, 0.2) is 0 Å². The van der Waals surface area contributed by atoms with Gasteiger partial charge in [-0.3, -0.25) is 9.69 Å². The van der Waals surface area contributed by atoms with E-state index in [2.05, 4.69) is 21.4 Å². The van der Waals surface area contributed by atoms with E-state index in [9.17, 15) is 9.59 Å². The molecule has 2 aromatic carbocycles. The first-order chi connectivity index (χ1) is 17.0. The van der Waals surface area contributed by atoms with Crippen molar-refractivity contribution in [1.29, 1.82) is 0 Å². The number of carbonyl (C=O) groups excluding carboxylic acids is 2. The molecule has 1 aliphatic rings. The van der Waals surface area contributed by atoms with Crippen molar-refractivity contribution in [2.75, 3.05) is 33.4 Å². The lowest BCUT2D eigenvalue weighted by molar-refractivity contribution is 0.0525. The number of nitrogens with zero attached hydrogens (tertiary/aromatic N) is 3. The Labute approximate surface area is 205 Å². The molecule has 0 unspecified atom stereocenters. The number of carbonyl (C=O) groups is 2. The Morgan fingerprint density at radius 1 is 1.09 bits per heavy atom. The van der Waals surface area contributed by atoms with E-state index >= 15 is 0 Å². The summed E-state index contributed by atoms with van der Waals surface area (Å²) in [4.78, 5) is 27.5. The predicted octanol–water partition coefficient (Wildman–Crippen LogP) is 3.93. The molecule has 2 heterocycles. The molecule has 4 rings (SSSR count). The van der Waals surface area contributed by atoms with E-state index in [1.165, 1.54) is 6.20 Å². The molecule has 1 aromatic heterocycles. The lowest BCUT2D eigenvalue weighted by Gasteiger charge is -2.29. The van der Waals surface area contributed by atoms with Gasteiger partial charge >= 0.3 is 5.97 Å². The molecule has 3 aromatic rings. The summed E-state index contributed by atoms with van der Waals surface area (Å²) in [6.45, 7) is 6.39. The van der Waals surface area contributed by atoms with Gasteiger partial charge in [-0.05, 0) is 70.1 Å². The van der Waals surface area contributed by atoms with Gasteiger partial charge < -0.3 is 14.8 Å². The van der Waals surface area contributed by atoms with Crippen LogP contribution in [0.5, 0.6) is 5.75 Å². The molecule has 1 N–H and O–H groups in total. The van der Waals surface area contributed by atoms with Crippen LogP contribution in [0.15, 0.2) is 54.7 Å². The summed E-state index contributed by atoms with van der Waals surface area (Å²) in [5.41, 5.74) is 3.52. The minimum atomic E-state index is -0.394. The predicted molar refractivity (Wildman–Crippen MR) is 133 cm³/mol. The first-order valence-corrected chi connectivity index (χ1v) is 12.0. The normalized spacial score (nSPS) is 14.5. The maximum Gasteiger partial charge on any atom is 0.341 e. The van der Waals surface area contributed by atoms with Crippen molar-refractivity contribution < 1.29 is 19.1 Å². The highest BCUT2D eigenvalue weighted by Crippen LogP contribution is 2.31. The summed E-state index contributed by atoms with van der Waals surface area (Å²) >= 11 is 0. The number of nitrogens with one attached hydrogen (secondary N) is 1. The van der Waals surface area contributed by atoms with E-state index in [-0.39, 0.29) is 11.9 Å². The number of ether oxygens (including phenoxy) is 2. The zero-order valence-corrected chi connectivity index (χ0v) is 20.5. The number of hydrogen-bond donors (Lipinski definition) is 1. The molecule has 35 heavy (non-hydrogen) atoms. The van der Waals surface area contributed by atoms with Gasteiger partial charge in [0.2, 0.25) is 0 Å². The third-order valence-electron chi connectivity index (χ3n) is 6.41. The largest absolute Gasteiger partial charge is 0.496 e. The second-order valence-corrected chi connectivity index (χ2v) is 8.53. The van der Waals surface area contributed by atoms with Crippen LogP contribution in [0.3, 0.4) is 0 Å². The Kier molecular flexibility index (Phi) is 7.82. The second-order valence-electron chi connectivity index (χ2n) is 8.53. The fraction of sp³-hybridized carbons (Fsp3) is 0.370. The zero-order valence-electron chi connectivity index (χ0n) is 20.5. The summed E-state index contributed by atoms with van der Waals surface area (Å²) in [6, 6.07) is 15.2. The molecule has 0 saturated carbocycles. The van der Waals surface area contributed by atoms with Gasteiger partial charge in [-0.15, -0.1) is 0 Å². The highest BCUT2D eigenvalue weighted by molar-refractivity contribution is 5.94. The molecule has 8 heteroatoms. The number of likely N-dealkylation sites (tertiary alicyclic amines) is 1. The fourth-order valence-electron chi connectivity index (χ4n) is 4.56. The summed E-state index contributed by atoms with van der Waals surface area (Å²) < 4.78 is 12.3. The van der Waals surface area contributed by atoms with Gasteiger partial charge in [0.1, 0.15) is 11.3 Å². The fourth-order valence-corrected chi connectivity index (χ4v) is 4.56. The van der Waals surface area contributed by atoms with Crippen LogP contribution >= 0.6 is 0 Å². The van der Waals surface area contributed by atoms with Gasteiger partial charge in [-0.25, -0.2) is 9.48 Å². The average molecular weight is 477 g/mol. The van der Waals surface area contributed by atoms with Crippen LogP contribution in [-0.4, -0.2) is 59.9 Å². The minimum absolute atomic E-state index is 0.0462. The van der Waals surface area contributed by atoms with E-state index < -0.39 is 5.97 Å². The van der Waals surface area contributed by atoms with E-state index in [0.717, 1.165) is 42.9 Å². The first-order valence-electron chi connectivity index (χ1n) is 12.0. The number of rotatable bonds is 9. The van der Waals surface area contributed by atoms with Crippen LogP contribution in [0.2, 0.25) is 0 Å². The molecule has 1 atom stereocenters. The number of benzene rings is 2. The molecule has 1 saturated heterocycles. The molecular weight excluding hydrogens is 444 g/mol. The summed E-state index contributed by atoms with van der Waals surface area (Å²) in [6.07, 6.45) is 3.82. The van der Waals surface area contributed by atoms with Crippen molar-refractivity contribution in [3.05, 3.63) is 77.1 Å². The van der Waals surface area contributed by atoms with Crippen LogP contribution < -0.4 is 10.1 Å². The summed E-state index contributed by atoms with van der Waals surface area (Å²) in [7, 11) is 1.68. The van der Waals surface area contributed by atoms with E-state index in [4.69, 9.17) is 9.47 Å². The Balaban J connectivity index is 1.46. The van der Waals surface area contributed by atoms with Crippen LogP contribution in [0, 0.1) is 6.92 Å². The summed E-state index contributed by atoms with van der Waals surface area (Å²) in [5, 5.41) is 7.42. The lowest BCUT2D eigenvalue weighted by atomic mass is 10.0. The molecular formula is C27H32N4O4. The average Bonchev–Trinajstić information content (AvgIpc) is 3.55. The topological polar surface area (TPSA) is 85.7 Å². The second kappa shape index (κ2) is 11.2. The lowest BCUT2D eigenvalue weighted by Crippen LogP contribution is -2.37. The van der Waals surface area contributed by atoms with Crippen molar-refractivity contribution >= 4 is 11.9 Å². The van der Waals surface area contributed by atoms with Crippen LogP contribution in [0.4, 0.5) is 0 Å². The zero-order chi connectivity index (χ0) is 24.8. The number of aromatic nitrogens is 2. The van der Waals surface area contributed by atoms with Crippen molar-refractivity contribution in [2.45, 2.75) is 32.7 Å². The number of methoxy groups -OCH3 is 1. The highest BCUT2D eigenvalue weighted by Gasteiger charge is 2.26. The molecule has 8 nitrogen and oxygen atoms in total.